The van der Waals surface area contributed by atoms with Gasteiger partial charge in [0.05, 0.1) is 0 Å². The zero-order valence-electron chi connectivity index (χ0n) is 15.3. The predicted octanol–water partition coefficient (Wildman–Crippen LogP) is 5.14. The molecular weight excluding hydrogens is 304 g/mol. The Labute approximate surface area is 147 Å². The highest BCUT2D eigenvalue weighted by Crippen LogP contribution is 2.20. The molecule has 0 aliphatic carbocycles. The molecule has 0 aromatic rings. The largest absolute Gasteiger partial charge is 0.481 e. The van der Waals surface area contributed by atoms with Gasteiger partial charge in [0.2, 0.25) is 0 Å². The van der Waals surface area contributed by atoms with Gasteiger partial charge in [0.25, 0.3) is 0 Å². The lowest BCUT2D eigenvalue weighted by molar-refractivity contribution is -0.137. The first kappa shape index (κ1) is 21.1. The number of rotatable bonds is 15. The molecule has 0 aromatic heterocycles. The van der Waals surface area contributed by atoms with E-state index in [0.717, 1.165) is 64.6 Å². The molecule has 0 amide bonds. The lowest BCUT2D eigenvalue weighted by Gasteiger charge is -2.21. The number of carboxylic acids is 1. The molecule has 0 saturated carbocycles. The van der Waals surface area contributed by atoms with Crippen molar-refractivity contribution in [1.29, 1.82) is 0 Å². The summed E-state index contributed by atoms with van der Waals surface area (Å²) < 4.78 is 5.33. The summed E-state index contributed by atoms with van der Waals surface area (Å²) in [6.45, 7) is 1.66. The Bertz CT molecular complexity index is 335. The molecule has 4 heteroatoms. The van der Waals surface area contributed by atoms with Gasteiger partial charge in [0, 0.05) is 32.5 Å². The van der Waals surface area contributed by atoms with Crippen LogP contribution in [0.2, 0.25) is 0 Å². The van der Waals surface area contributed by atoms with E-state index in [0.29, 0.717) is 18.1 Å². The van der Waals surface area contributed by atoms with Crippen LogP contribution in [0.5, 0.6) is 0 Å². The molecule has 0 aromatic carbocycles. The Morgan fingerprint density at radius 2 is 1.21 bits per heavy atom. The van der Waals surface area contributed by atoms with Crippen LogP contribution in [-0.4, -0.2) is 30.1 Å². The molecule has 1 aliphatic rings. The molecule has 24 heavy (non-hydrogen) atoms. The molecule has 1 aliphatic heterocycles. The van der Waals surface area contributed by atoms with Crippen molar-refractivity contribution in [2.45, 2.75) is 96.3 Å². The molecule has 4 nitrogen and oxygen atoms in total. The van der Waals surface area contributed by atoms with Gasteiger partial charge in [0.15, 0.2) is 0 Å². The fraction of sp³-hybridized carbons (Fsp3) is 0.900. The number of ether oxygens (including phenoxy) is 1. The zero-order valence-corrected chi connectivity index (χ0v) is 15.3. The van der Waals surface area contributed by atoms with E-state index in [1.54, 1.807) is 0 Å². The van der Waals surface area contributed by atoms with E-state index in [2.05, 4.69) is 0 Å². The predicted molar refractivity (Wildman–Crippen MR) is 96.2 cm³/mol. The molecular formula is C20H36O4. The van der Waals surface area contributed by atoms with Gasteiger partial charge in [0.1, 0.15) is 5.78 Å². The van der Waals surface area contributed by atoms with Crippen molar-refractivity contribution in [2.75, 3.05) is 13.2 Å². The maximum Gasteiger partial charge on any atom is 0.303 e. The molecule has 1 fully saturated rings. The molecule has 1 heterocycles. The number of carbonyl (C=O) groups excluding carboxylic acids is 1. The first-order valence-electron chi connectivity index (χ1n) is 9.99. The maximum atomic E-state index is 11.9. The van der Waals surface area contributed by atoms with Gasteiger partial charge in [-0.1, -0.05) is 51.4 Å². The minimum absolute atomic E-state index is 0.313. The molecule has 0 spiro atoms. The monoisotopic (exact) mass is 340 g/mol. The van der Waals surface area contributed by atoms with Crippen LogP contribution in [0, 0.1) is 5.92 Å². The smallest absolute Gasteiger partial charge is 0.303 e. The fourth-order valence-electron chi connectivity index (χ4n) is 3.39. The van der Waals surface area contributed by atoms with E-state index in [-0.39, 0.29) is 0 Å². The van der Waals surface area contributed by atoms with Crippen molar-refractivity contribution < 1.29 is 19.4 Å². The summed E-state index contributed by atoms with van der Waals surface area (Å²) in [6.07, 6.45) is 15.5. The molecule has 1 saturated heterocycles. The van der Waals surface area contributed by atoms with E-state index < -0.39 is 5.97 Å². The molecule has 1 N–H and O–H groups in total. The number of unbranched alkanes of at least 4 members (excludes halogenated alkanes) is 9. The number of hydrogen-bond donors (Lipinski definition) is 1. The Balaban J connectivity index is 1.78. The Hall–Kier alpha value is -0.900. The molecule has 0 unspecified atom stereocenters. The van der Waals surface area contributed by atoms with Gasteiger partial charge in [-0.3, -0.25) is 9.59 Å². The van der Waals surface area contributed by atoms with Crippen LogP contribution in [-0.2, 0) is 14.3 Å². The lowest BCUT2D eigenvalue weighted by Crippen LogP contribution is -2.18. The molecule has 140 valence electrons. The van der Waals surface area contributed by atoms with Crippen LogP contribution < -0.4 is 0 Å². The van der Waals surface area contributed by atoms with Crippen LogP contribution in [0.15, 0.2) is 0 Å². The summed E-state index contributed by atoms with van der Waals surface area (Å²) in [6, 6.07) is 0. The third kappa shape index (κ3) is 12.5. The quantitative estimate of drug-likeness (QED) is 0.419. The molecule has 1 rings (SSSR count). The van der Waals surface area contributed by atoms with E-state index >= 15 is 0 Å². The Morgan fingerprint density at radius 1 is 0.750 bits per heavy atom. The molecule has 0 atom stereocenters. The summed E-state index contributed by atoms with van der Waals surface area (Å²) >= 11 is 0. The number of carboxylic acid groups (broad SMARTS) is 1. The summed E-state index contributed by atoms with van der Waals surface area (Å²) in [5, 5.41) is 8.55. The second-order valence-electron chi connectivity index (χ2n) is 7.23. The average molecular weight is 341 g/mol. The van der Waals surface area contributed by atoms with Gasteiger partial charge in [-0.15, -0.1) is 0 Å². The SMILES string of the molecule is O=C(O)CCCCCCCCCCCCC(=O)CC1CCOCC1. The lowest BCUT2D eigenvalue weighted by atomic mass is 9.92. The number of aliphatic carboxylic acids is 1. The van der Waals surface area contributed by atoms with Gasteiger partial charge in [-0.05, 0) is 31.6 Å². The number of Topliss-reactive ketones (excluding diaryl/α,β-unsaturated/α-hetero) is 1. The minimum atomic E-state index is -0.679. The third-order valence-electron chi connectivity index (χ3n) is 4.95. The van der Waals surface area contributed by atoms with Crippen molar-refractivity contribution in [3.8, 4) is 0 Å². The van der Waals surface area contributed by atoms with Gasteiger partial charge < -0.3 is 9.84 Å². The number of hydrogen-bond acceptors (Lipinski definition) is 3. The highest BCUT2D eigenvalue weighted by atomic mass is 16.5. The van der Waals surface area contributed by atoms with Crippen LogP contribution in [0.3, 0.4) is 0 Å². The van der Waals surface area contributed by atoms with Gasteiger partial charge >= 0.3 is 5.97 Å². The number of ketones is 1. The normalized spacial score (nSPS) is 15.5. The van der Waals surface area contributed by atoms with E-state index in [1.165, 1.54) is 38.5 Å². The van der Waals surface area contributed by atoms with Crippen molar-refractivity contribution in [3.63, 3.8) is 0 Å². The third-order valence-corrected chi connectivity index (χ3v) is 4.95. The van der Waals surface area contributed by atoms with Gasteiger partial charge in [-0.25, -0.2) is 0 Å². The van der Waals surface area contributed by atoms with E-state index in [1.807, 2.05) is 0 Å². The Morgan fingerprint density at radius 3 is 1.71 bits per heavy atom. The van der Waals surface area contributed by atoms with Crippen molar-refractivity contribution >= 4 is 11.8 Å². The summed E-state index contributed by atoms with van der Waals surface area (Å²) in [4.78, 5) is 22.3. The van der Waals surface area contributed by atoms with Crippen LogP contribution in [0.25, 0.3) is 0 Å². The maximum absolute atomic E-state index is 11.9. The Kier molecular flexibility index (Phi) is 12.7. The topological polar surface area (TPSA) is 63.6 Å². The first-order chi connectivity index (χ1) is 11.7. The molecule has 0 bridgehead atoms. The summed E-state index contributed by atoms with van der Waals surface area (Å²) in [5.74, 6) is 0.339. The average Bonchev–Trinajstić information content (AvgIpc) is 2.56. The van der Waals surface area contributed by atoms with Crippen molar-refractivity contribution in [1.82, 2.24) is 0 Å². The molecule has 0 radical (unpaired) electrons. The summed E-state index contributed by atoms with van der Waals surface area (Å²) in [5.41, 5.74) is 0. The fourth-order valence-corrected chi connectivity index (χ4v) is 3.39. The van der Waals surface area contributed by atoms with Crippen LogP contribution in [0.1, 0.15) is 96.3 Å². The van der Waals surface area contributed by atoms with Gasteiger partial charge in [-0.2, -0.15) is 0 Å². The van der Waals surface area contributed by atoms with Crippen molar-refractivity contribution in [2.24, 2.45) is 5.92 Å². The van der Waals surface area contributed by atoms with Crippen LogP contribution >= 0.6 is 0 Å². The minimum Gasteiger partial charge on any atom is -0.481 e. The van der Waals surface area contributed by atoms with E-state index in [9.17, 15) is 9.59 Å². The van der Waals surface area contributed by atoms with Crippen LogP contribution in [0.4, 0.5) is 0 Å². The summed E-state index contributed by atoms with van der Waals surface area (Å²) in [7, 11) is 0. The first-order valence-corrected chi connectivity index (χ1v) is 9.99. The standard InChI is InChI=1S/C20H36O4/c21-19(17-18-13-15-24-16-14-18)11-9-7-5-3-1-2-4-6-8-10-12-20(22)23/h18H,1-17H2,(H,22,23). The second kappa shape index (κ2) is 14.4. The van der Waals surface area contributed by atoms with E-state index in [4.69, 9.17) is 9.84 Å². The highest BCUT2D eigenvalue weighted by Gasteiger charge is 2.16. The second-order valence-corrected chi connectivity index (χ2v) is 7.23. The van der Waals surface area contributed by atoms with Crippen molar-refractivity contribution in [3.05, 3.63) is 0 Å². The number of carbonyl (C=O) groups is 2. The highest BCUT2D eigenvalue weighted by molar-refractivity contribution is 5.78. The zero-order chi connectivity index (χ0) is 17.5.